The fraction of sp³-hybridized carbons (Fsp3) is 0.231. The van der Waals surface area contributed by atoms with Gasteiger partial charge in [0.1, 0.15) is 0 Å². The third-order valence-electron chi connectivity index (χ3n) is 2.50. The van der Waals surface area contributed by atoms with Crippen molar-refractivity contribution in [3.8, 4) is 0 Å². The van der Waals surface area contributed by atoms with E-state index in [1.165, 1.54) is 0 Å². The number of aryl methyl sites for hydroxylation is 1. The molecule has 17 heavy (non-hydrogen) atoms. The van der Waals surface area contributed by atoms with Gasteiger partial charge in [-0.25, -0.2) is 0 Å². The highest BCUT2D eigenvalue weighted by atomic mass is 16.4. The number of aliphatic carboxylic acids is 1. The lowest BCUT2D eigenvalue weighted by molar-refractivity contribution is -0.135. The van der Waals surface area contributed by atoms with Crippen LogP contribution in [0.3, 0.4) is 0 Å². The predicted molar refractivity (Wildman–Crippen MR) is 65.8 cm³/mol. The highest BCUT2D eigenvalue weighted by Gasteiger charge is 1.99. The van der Waals surface area contributed by atoms with Crippen molar-refractivity contribution in [1.82, 2.24) is 10.3 Å². The number of hydrogen-bond donors (Lipinski definition) is 2. The first-order chi connectivity index (χ1) is 8.15. The molecule has 1 aromatic heterocycles. The molecule has 2 N–H and O–H groups in total. The van der Waals surface area contributed by atoms with Crippen LogP contribution in [-0.4, -0.2) is 22.6 Å². The Morgan fingerprint density at radius 1 is 1.35 bits per heavy atom. The Kier molecular flexibility index (Phi) is 3.35. The van der Waals surface area contributed by atoms with Crippen LogP contribution in [0.4, 0.5) is 0 Å². The highest BCUT2D eigenvalue weighted by molar-refractivity contribution is 5.79. The van der Waals surface area contributed by atoms with E-state index in [1.807, 2.05) is 37.3 Å². The van der Waals surface area contributed by atoms with E-state index in [9.17, 15) is 4.79 Å². The lowest BCUT2D eigenvalue weighted by Gasteiger charge is -2.04. The maximum absolute atomic E-state index is 10.4. The van der Waals surface area contributed by atoms with E-state index in [2.05, 4.69) is 10.3 Å². The van der Waals surface area contributed by atoms with Gasteiger partial charge in [-0.2, -0.15) is 0 Å². The van der Waals surface area contributed by atoms with E-state index >= 15 is 0 Å². The standard InChI is InChI=1S/C13H14N2O2/c1-9-2-4-11-6-10(3-5-12(11)15-9)7-14-8-13(16)17/h2-6,14H,7-8H2,1H3,(H,16,17). The molecule has 1 heterocycles. The SMILES string of the molecule is Cc1ccc2cc(CNCC(=O)O)ccc2n1. The van der Waals surface area contributed by atoms with Crippen LogP contribution >= 0.6 is 0 Å². The molecule has 1 aromatic carbocycles. The van der Waals surface area contributed by atoms with Gasteiger partial charge in [-0.05, 0) is 30.7 Å². The summed E-state index contributed by atoms with van der Waals surface area (Å²) in [6.07, 6.45) is 0. The molecule has 0 bridgehead atoms. The van der Waals surface area contributed by atoms with Crippen molar-refractivity contribution < 1.29 is 9.90 Å². The third kappa shape index (κ3) is 3.01. The first-order valence-corrected chi connectivity index (χ1v) is 5.44. The Morgan fingerprint density at radius 3 is 2.94 bits per heavy atom. The molecule has 0 saturated heterocycles. The number of carboxylic acids is 1. The van der Waals surface area contributed by atoms with E-state index in [-0.39, 0.29) is 6.54 Å². The molecule has 0 aliphatic heterocycles. The zero-order valence-corrected chi connectivity index (χ0v) is 9.60. The molecule has 0 fully saturated rings. The number of rotatable bonds is 4. The van der Waals surface area contributed by atoms with E-state index in [1.54, 1.807) is 0 Å². The Bertz CT molecular complexity index is 552. The molecule has 0 radical (unpaired) electrons. The lowest BCUT2D eigenvalue weighted by Crippen LogP contribution is -2.21. The summed E-state index contributed by atoms with van der Waals surface area (Å²) >= 11 is 0. The molecule has 88 valence electrons. The van der Waals surface area contributed by atoms with E-state index in [4.69, 9.17) is 5.11 Å². The van der Waals surface area contributed by atoms with Crippen molar-refractivity contribution >= 4 is 16.9 Å². The van der Waals surface area contributed by atoms with Gasteiger partial charge >= 0.3 is 5.97 Å². The molecular formula is C13H14N2O2. The van der Waals surface area contributed by atoms with Crippen molar-refractivity contribution in [2.45, 2.75) is 13.5 Å². The van der Waals surface area contributed by atoms with Crippen LogP contribution in [-0.2, 0) is 11.3 Å². The molecular weight excluding hydrogens is 216 g/mol. The van der Waals surface area contributed by atoms with Crippen LogP contribution in [0.1, 0.15) is 11.3 Å². The minimum absolute atomic E-state index is 0.0236. The number of hydrogen-bond acceptors (Lipinski definition) is 3. The summed E-state index contributed by atoms with van der Waals surface area (Å²) in [5, 5.41) is 12.5. The third-order valence-corrected chi connectivity index (χ3v) is 2.50. The summed E-state index contributed by atoms with van der Waals surface area (Å²) in [6, 6.07) is 9.94. The van der Waals surface area contributed by atoms with Crippen molar-refractivity contribution in [2.24, 2.45) is 0 Å². The summed E-state index contributed by atoms with van der Waals surface area (Å²) in [5.41, 5.74) is 3.02. The molecule has 0 spiro atoms. The molecule has 4 nitrogen and oxygen atoms in total. The monoisotopic (exact) mass is 230 g/mol. The smallest absolute Gasteiger partial charge is 0.317 e. The summed E-state index contributed by atoms with van der Waals surface area (Å²) in [7, 11) is 0. The van der Waals surface area contributed by atoms with Crippen molar-refractivity contribution in [3.05, 3.63) is 41.6 Å². The maximum Gasteiger partial charge on any atom is 0.317 e. The van der Waals surface area contributed by atoms with Gasteiger partial charge in [-0.3, -0.25) is 9.78 Å². The van der Waals surface area contributed by atoms with Gasteiger partial charge in [-0.1, -0.05) is 12.1 Å². The molecule has 0 saturated carbocycles. The Hall–Kier alpha value is -1.94. The van der Waals surface area contributed by atoms with Gasteiger partial charge in [0, 0.05) is 17.6 Å². The van der Waals surface area contributed by atoms with Crippen molar-refractivity contribution in [3.63, 3.8) is 0 Å². The second-order valence-corrected chi connectivity index (χ2v) is 3.98. The van der Waals surface area contributed by atoms with Crippen molar-refractivity contribution in [1.29, 1.82) is 0 Å². The molecule has 2 aromatic rings. The molecule has 2 rings (SSSR count). The van der Waals surface area contributed by atoms with E-state index in [0.29, 0.717) is 6.54 Å². The fourth-order valence-corrected chi connectivity index (χ4v) is 1.70. The Morgan fingerprint density at radius 2 is 2.18 bits per heavy atom. The zero-order chi connectivity index (χ0) is 12.3. The summed E-state index contributed by atoms with van der Waals surface area (Å²) in [6.45, 7) is 2.49. The summed E-state index contributed by atoms with van der Waals surface area (Å²) in [4.78, 5) is 14.8. The van der Waals surface area contributed by atoms with Crippen LogP contribution in [0.25, 0.3) is 10.9 Å². The fourth-order valence-electron chi connectivity index (χ4n) is 1.70. The van der Waals surface area contributed by atoms with Gasteiger partial charge in [-0.15, -0.1) is 0 Å². The lowest BCUT2D eigenvalue weighted by atomic mass is 10.1. The Balaban J connectivity index is 2.14. The van der Waals surface area contributed by atoms with Gasteiger partial charge in [0.25, 0.3) is 0 Å². The molecule has 0 unspecified atom stereocenters. The molecule has 0 aliphatic rings. The van der Waals surface area contributed by atoms with Crippen LogP contribution in [0.2, 0.25) is 0 Å². The van der Waals surface area contributed by atoms with Crippen LogP contribution in [0.5, 0.6) is 0 Å². The first-order valence-electron chi connectivity index (χ1n) is 5.44. The van der Waals surface area contributed by atoms with Crippen LogP contribution in [0, 0.1) is 6.92 Å². The summed E-state index contributed by atoms with van der Waals surface area (Å²) in [5.74, 6) is -0.844. The molecule has 4 heteroatoms. The Labute approximate surface area is 99.3 Å². The van der Waals surface area contributed by atoms with Gasteiger partial charge < -0.3 is 10.4 Å². The first kappa shape index (κ1) is 11.5. The van der Waals surface area contributed by atoms with Crippen LogP contribution < -0.4 is 5.32 Å². The average Bonchev–Trinajstić information content (AvgIpc) is 2.29. The summed E-state index contributed by atoms with van der Waals surface area (Å²) < 4.78 is 0. The number of nitrogens with zero attached hydrogens (tertiary/aromatic N) is 1. The van der Waals surface area contributed by atoms with Crippen LogP contribution in [0.15, 0.2) is 30.3 Å². The number of nitrogens with one attached hydrogen (secondary N) is 1. The van der Waals surface area contributed by atoms with Gasteiger partial charge in [0.15, 0.2) is 0 Å². The largest absolute Gasteiger partial charge is 0.480 e. The van der Waals surface area contributed by atoms with Crippen molar-refractivity contribution in [2.75, 3.05) is 6.54 Å². The second-order valence-electron chi connectivity index (χ2n) is 3.98. The second kappa shape index (κ2) is 4.93. The molecule has 0 atom stereocenters. The number of carboxylic acid groups (broad SMARTS) is 1. The zero-order valence-electron chi connectivity index (χ0n) is 9.60. The number of benzene rings is 1. The maximum atomic E-state index is 10.4. The number of pyridine rings is 1. The number of aromatic nitrogens is 1. The number of carbonyl (C=O) groups is 1. The predicted octanol–water partition coefficient (Wildman–Crippen LogP) is 1.72. The highest BCUT2D eigenvalue weighted by Crippen LogP contribution is 2.14. The quantitative estimate of drug-likeness (QED) is 0.839. The van der Waals surface area contributed by atoms with Gasteiger partial charge in [0.05, 0.1) is 12.1 Å². The minimum Gasteiger partial charge on any atom is -0.480 e. The average molecular weight is 230 g/mol. The normalized spacial score (nSPS) is 10.6. The van der Waals surface area contributed by atoms with E-state index in [0.717, 1.165) is 22.2 Å². The number of fused-ring (bicyclic) bond motifs is 1. The molecule has 0 aliphatic carbocycles. The molecule has 0 amide bonds. The van der Waals surface area contributed by atoms with Gasteiger partial charge in [0.2, 0.25) is 0 Å². The topological polar surface area (TPSA) is 62.2 Å². The van der Waals surface area contributed by atoms with E-state index < -0.39 is 5.97 Å². The minimum atomic E-state index is -0.844.